The molecule has 0 saturated heterocycles. The highest BCUT2D eigenvalue weighted by molar-refractivity contribution is 6.30. The Morgan fingerprint density at radius 3 is 2.62 bits per heavy atom. The molecule has 1 aromatic rings. The van der Waals surface area contributed by atoms with E-state index < -0.39 is 0 Å². The lowest BCUT2D eigenvalue weighted by atomic mass is 10.1. The monoisotopic (exact) mass is 197 g/mol. The molecule has 13 heavy (non-hydrogen) atoms. The fraction of sp³-hybridized carbons (Fsp3) is 0.556. The van der Waals surface area contributed by atoms with Crippen LogP contribution < -0.4 is 5.73 Å². The van der Waals surface area contributed by atoms with Crippen molar-refractivity contribution in [1.29, 1.82) is 0 Å². The lowest BCUT2D eigenvalue weighted by Crippen LogP contribution is -2.26. The van der Waals surface area contributed by atoms with Crippen molar-refractivity contribution < 1.29 is 0 Å². The first-order chi connectivity index (χ1) is 6.25. The first kappa shape index (κ1) is 8.91. The second-order valence-corrected chi connectivity index (χ2v) is 3.96. The summed E-state index contributed by atoms with van der Waals surface area (Å²) in [6.07, 6.45) is 6.51. The predicted molar refractivity (Wildman–Crippen MR) is 51.4 cm³/mol. The van der Waals surface area contributed by atoms with Gasteiger partial charge >= 0.3 is 0 Å². The Morgan fingerprint density at radius 2 is 2.08 bits per heavy atom. The summed E-state index contributed by atoms with van der Waals surface area (Å²) in [5.74, 6) is 1.49. The topological polar surface area (TPSA) is 51.8 Å². The van der Waals surface area contributed by atoms with Crippen molar-refractivity contribution in [3.8, 4) is 0 Å². The molecular weight excluding hydrogens is 186 g/mol. The third-order valence-corrected chi connectivity index (χ3v) is 2.51. The van der Waals surface area contributed by atoms with E-state index in [1.807, 2.05) is 0 Å². The van der Waals surface area contributed by atoms with E-state index in [0.717, 1.165) is 12.2 Å². The summed E-state index contributed by atoms with van der Waals surface area (Å²) >= 11 is 5.67. The minimum absolute atomic E-state index is 0.223. The van der Waals surface area contributed by atoms with Crippen LogP contribution >= 0.6 is 11.6 Å². The van der Waals surface area contributed by atoms with Gasteiger partial charge in [0.2, 0.25) is 0 Å². The Hall–Kier alpha value is -0.670. The summed E-state index contributed by atoms with van der Waals surface area (Å²) < 4.78 is 0. The summed E-state index contributed by atoms with van der Waals surface area (Å²) in [5, 5.41) is 0.573. The molecule has 0 aromatic carbocycles. The molecule has 1 aliphatic rings. The van der Waals surface area contributed by atoms with E-state index in [4.69, 9.17) is 17.3 Å². The highest BCUT2D eigenvalue weighted by Crippen LogP contribution is 2.32. The van der Waals surface area contributed by atoms with E-state index in [1.165, 1.54) is 12.8 Å². The van der Waals surface area contributed by atoms with Crippen molar-refractivity contribution in [2.45, 2.75) is 25.3 Å². The zero-order chi connectivity index (χ0) is 9.26. The van der Waals surface area contributed by atoms with Crippen molar-refractivity contribution in [1.82, 2.24) is 9.97 Å². The molecule has 1 saturated carbocycles. The maximum absolute atomic E-state index is 5.94. The molecule has 1 aromatic heterocycles. The standard InChI is InChI=1S/C9H12ClN3/c10-7-4-12-9(13-5-7)3-8(11)6-1-2-6/h4-6,8H,1-3,11H2. The van der Waals surface area contributed by atoms with Crippen LogP contribution in [-0.4, -0.2) is 16.0 Å². The lowest BCUT2D eigenvalue weighted by Gasteiger charge is -2.07. The third-order valence-electron chi connectivity index (χ3n) is 2.32. The molecule has 1 aliphatic carbocycles. The first-order valence-corrected chi connectivity index (χ1v) is 4.85. The Labute approximate surface area is 82.3 Å². The van der Waals surface area contributed by atoms with E-state index in [2.05, 4.69) is 9.97 Å². The fourth-order valence-corrected chi connectivity index (χ4v) is 1.44. The largest absolute Gasteiger partial charge is 0.327 e. The van der Waals surface area contributed by atoms with Crippen molar-refractivity contribution in [3.63, 3.8) is 0 Å². The smallest absolute Gasteiger partial charge is 0.129 e. The van der Waals surface area contributed by atoms with Gasteiger partial charge in [0.05, 0.1) is 5.02 Å². The van der Waals surface area contributed by atoms with Crippen molar-refractivity contribution in [2.75, 3.05) is 0 Å². The van der Waals surface area contributed by atoms with Gasteiger partial charge < -0.3 is 5.73 Å². The molecule has 3 nitrogen and oxygen atoms in total. The molecule has 1 atom stereocenters. The summed E-state index contributed by atoms with van der Waals surface area (Å²) in [5.41, 5.74) is 5.94. The van der Waals surface area contributed by atoms with Gasteiger partial charge in [-0.3, -0.25) is 0 Å². The van der Waals surface area contributed by atoms with E-state index in [9.17, 15) is 0 Å². The predicted octanol–water partition coefficient (Wildman–Crippen LogP) is 1.41. The van der Waals surface area contributed by atoms with Crippen LogP contribution in [0.4, 0.5) is 0 Å². The van der Waals surface area contributed by atoms with Crippen LogP contribution in [0.1, 0.15) is 18.7 Å². The summed E-state index contributed by atoms with van der Waals surface area (Å²) in [7, 11) is 0. The maximum Gasteiger partial charge on any atom is 0.129 e. The molecule has 0 spiro atoms. The van der Waals surface area contributed by atoms with Crippen LogP contribution in [0.2, 0.25) is 5.02 Å². The Kier molecular flexibility index (Phi) is 2.47. The minimum atomic E-state index is 0.223. The van der Waals surface area contributed by atoms with Crippen LogP contribution in [0.3, 0.4) is 0 Å². The molecule has 70 valence electrons. The Balaban J connectivity index is 1.96. The molecule has 1 fully saturated rings. The van der Waals surface area contributed by atoms with Gasteiger partial charge in [-0.05, 0) is 18.8 Å². The molecule has 2 rings (SSSR count). The number of hydrogen-bond donors (Lipinski definition) is 1. The van der Waals surface area contributed by atoms with Crippen molar-refractivity contribution in [3.05, 3.63) is 23.2 Å². The highest BCUT2D eigenvalue weighted by Gasteiger charge is 2.28. The molecule has 4 heteroatoms. The van der Waals surface area contributed by atoms with Crippen LogP contribution in [0.25, 0.3) is 0 Å². The van der Waals surface area contributed by atoms with Gasteiger partial charge in [-0.15, -0.1) is 0 Å². The third kappa shape index (κ3) is 2.39. The van der Waals surface area contributed by atoms with E-state index >= 15 is 0 Å². The lowest BCUT2D eigenvalue weighted by molar-refractivity contribution is 0.575. The number of rotatable bonds is 3. The van der Waals surface area contributed by atoms with Gasteiger partial charge in [-0.1, -0.05) is 11.6 Å². The highest BCUT2D eigenvalue weighted by atomic mass is 35.5. The van der Waals surface area contributed by atoms with E-state index in [0.29, 0.717) is 10.9 Å². The van der Waals surface area contributed by atoms with Gasteiger partial charge in [0.25, 0.3) is 0 Å². The molecule has 1 unspecified atom stereocenters. The molecule has 0 amide bonds. The van der Waals surface area contributed by atoms with E-state index in [1.54, 1.807) is 12.4 Å². The molecular formula is C9H12ClN3. The average Bonchev–Trinajstić information content (AvgIpc) is 2.91. The van der Waals surface area contributed by atoms with Gasteiger partial charge in [0.1, 0.15) is 5.82 Å². The zero-order valence-electron chi connectivity index (χ0n) is 7.28. The normalized spacial score (nSPS) is 18.6. The number of hydrogen-bond acceptors (Lipinski definition) is 3. The maximum atomic E-state index is 5.94. The molecule has 0 radical (unpaired) electrons. The van der Waals surface area contributed by atoms with Gasteiger partial charge in [0.15, 0.2) is 0 Å². The second-order valence-electron chi connectivity index (χ2n) is 3.52. The number of halogens is 1. The van der Waals surface area contributed by atoms with Crippen LogP contribution in [-0.2, 0) is 6.42 Å². The van der Waals surface area contributed by atoms with Crippen LogP contribution in [0.5, 0.6) is 0 Å². The number of nitrogens with zero attached hydrogens (tertiary/aromatic N) is 2. The van der Waals surface area contributed by atoms with Crippen LogP contribution in [0.15, 0.2) is 12.4 Å². The first-order valence-electron chi connectivity index (χ1n) is 4.47. The fourth-order valence-electron chi connectivity index (χ4n) is 1.35. The molecule has 0 bridgehead atoms. The zero-order valence-corrected chi connectivity index (χ0v) is 8.04. The van der Waals surface area contributed by atoms with Crippen molar-refractivity contribution >= 4 is 11.6 Å². The Morgan fingerprint density at radius 1 is 1.46 bits per heavy atom. The van der Waals surface area contributed by atoms with Gasteiger partial charge in [-0.2, -0.15) is 0 Å². The molecule has 2 N–H and O–H groups in total. The second kappa shape index (κ2) is 3.60. The summed E-state index contributed by atoms with van der Waals surface area (Å²) in [6, 6.07) is 0.223. The van der Waals surface area contributed by atoms with Gasteiger partial charge in [0, 0.05) is 24.9 Å². The minimum Gasteiger partial charge on any atom is -0.327 e. The molecule has 0 aliphatic heterocycles. The quantitative estimate of drug-likeness (QED) is 0.797. The SMILES string of the molecule is NC(Cc1ncc(Cl)cn1)C1CC1. The number of nitrogens with two attached hydrogens (primary N) is 1. The molecule has 1 heterocycles. The number of aromatic nitrogens is 2. The summed E-state index contributed by atoms with van der Waals surface area (Å²) in [4.78, 5) is 8.21. The van der Waals surface area contributed by atoms with Crippen LogP contribution in [0, 0.1) is 5.92 Å². The van der Waals surface area contributed by atoms with Crippen molar-refractivity contribution in [2.24, 2.45) is 11.7 Å². The van der Waals surface area contributed by atoms with Gasteiger partial charge in [-0.25, -0.2) is 9.97 Å². The van der Waals surface area contributed by atoms with E-state index in [-0.39, 0.29) is 6.04 Å². The average molecular weight is 198 g/mol. The Bertz CT molecular complexity index is 281. The summed E-state index contributed by atoms with van der Waals surface area (Å²) in [6.45, 7) is 0.